The quantitative estimate of drug-likeness (QED) is 0.620. The summed E-state index contributed by atoms with van der Waals surface area (Å²) >= 11 is 0. The first-order chi connectivity index (χ1) is 9.54. The first-order valence-corrected chi connectivity index (χ1v) is 8.02. The number of nitrogens with one attached hydrogen (secondary N) is 1. The second-order valence-corrected chi connectivity index (χ2v) is 7.02. The molecule has 3 aliphatic rings. The van der Waals surface area contributed by atoms with Crippen molar-refractivity contribution in [1.29, 1.82) is 0 Å². The standard InChI is InChI=1S/C15H26F2N2O/c16-15(17)7-2-11(3-8-15)13(19-18)12-4-9-20-14(10-12)5-1-6-14/h11-13,19H,1-10,18H2. The molecule has 3 nitrogen and oxygen atoms in total. The van der Waals surface area contributed by atoms with Crippen molar-refractivity contribution in [3.05, 3.63) is 0 Å². The maximum Gasteiger partial charge on any atom is 0.248 e. The van der Waals surface area contributed by atoms with Crippen molar-refractivity contribution in [2.24, 2.45) is 17.7 Å². The summed E-state index contributed by atoms with van der Waals surface area (Å²) in [5.41, 5.74) is 3.05. The summed E-state index contributed by atoms with van der Waals surface area (Å²) in [5.74, 6) is 4.08. The highest BCUT2D eigenvalue weighted by Gasteiger charge is 2.46. The van der Waals surface area contributed by atoms with Crippen LogP contribution in [0.4, 0.5) is 8.78 Å². The number of halogens is 2. The van der Waals surface area contributed by atoms with E-state index >= 15 is 0 Å². The fraction of sp³-hybridized carbons (Fsp3) is 1.00. The number of alkyl halides is 2. The minimum absolute atomic E-state index is 0.0181. The van der Waals surface area contributed by atoms with Gasteiger partial charge in [0.25, 0.3) is 0 Å². The summed E-state index contributed by atoms with van der Waals surface area (Å²) in [7, 11) is 0. The fourth-order valence-electron chi connectivity index (χ4n) is 4.37. The maximum absolute atomic E-state index is 13.3. The van der Waals surface area contributed by atoms with E-state index in [-0.39, 0.29) is 24.5 Å². The van der Waals surface area contributed by atoms with E-state index < -0.39 is 5.92 Å². The minimum atomic E-state index is -2.46. The second-order valence-electron chi connectivity index (χ2n) is 7.02. The Morgan fingerprint density at radius 3 is 2.30 bits per heavy atom. The van der Waals surface area contributed by atoms with Crippen molar-refractivity contribution in [3.8, 4) is 0 Å². The first kappa shape index (κ1) is 14.7. The first-order valence-electron chi connectivity index (χ1n) is 8.02. The molecular weight excluding hydrogens is 262 g/mol. The predicted octanol–water partition coefficient (Wildman–Crippen LogP) is 2.99. The molecule has 20 heavy (non-hydrogen) atoms. The third-order valence-corrected chi connectivity index (χ3v) is 5.77. The molecule has 2 unspecified atom stereocenters. The van der Waals surface area contributed by atoms with Gasteiger partial charge in [-0.2, -0.15) is 0 Å². The molecule has 0 aromatic rings. The molecule has 1 saturated heterocycles. The second kappa shape index (κ2) is 5.50. The SMILES string of the molecule is NNC(C1CCC(F)(F)CC1)C1CCOC2(CCC2)C1. The molecule has 2 saturated carbocycles. The molecule has 0 bridgehead atoms. The van der Waals surface area contributed by atoms with Crippen LogP contribution in [-0.4, -0.2) is 24.2 Å². The molecule has 3 N–H and O–H groups in total. The highest BCUT2D eigenvalue weighted by atomic mass is 19.3. The monoisotopic (exact) mass is 288 g/mol. The highest BCUT2D eigenvalue weighted by molar-refractivity contribution is 4.98. The lowest BCUT2D eigenvalue weighted by Crippen LogP contribution is -2.54. The Labute approximate surface area is 119 Å². The molecule has 3 fully saturated rings. The van der Waals surface area contributed by atoms with Gasteiger partial charge in [-0.25, -0.2) is 8.78 Å². The van der Waals surface area contributed by atoms with E-state index in [1.165, 1.54) is 6.42 Å². The average Bonchev–Trinajstić information content (AvgIpc) is 2.40. The number of ether oxygens (including phenoxy) is 1. The van der Waals surface area contributed by atoms with Gasteiger partial charge in [0.15, 0.2) is 0 Å². The van der Waals surface area contributed by atoms with Gasteiger partial charge < -0.3 is 4.74 Å². The Hall–Kier alpha value is -0.260. The summed E-state index contributed by atoms with van der Waals surface area (Å²) < 4.78 is 32.6. The number of hydrogen-bond donors (Lipinski definition) is 2. The van der Waals surface area contributed by atoms with E-state index in [0.29, 0.717) is 24.7 Å². The lowest BCUT2D eigenvalue weighted by molar-refractivity contribution is -0.151. The third kappa shape index (κ3) is 2.85. The van der Waals surface area contributed by atoms with Gasteiger partial charge in [-0.1, -0.05) is 0 Å². The normalized spacial score (nSPS) is 34.6. The summed E-state index contributed by atoms with van der Waals surface area (Å²) in [6.07, 6.45) is 6.83. The van der Waals surface area contributed by atoms with Crippen molar-refractivity contribution in [2.75, 3.05) is 6.61 Å². The van der Waals surface area contributed by atoms with Crippen LogP contribution in [0.25, 0.3) is 0 Å². The Morgan fingerprint density at radius 2 is 1.75 bits per heavy atom. The van der Waals surface area contributed by atoms with Crippen LogP contribution < -0.4 is 11.3 Å². The Kier molecular flexibility index (Phi) is 4.04. The van der Waals surface area contributed by atoms with Gasteiger partial charge in [0.2, 0.25) is 5.92 Å². The summed E-state index contributed by atoms with van der Waals surface area (Å²) in [4.78, 5) is 0. The molecule has 1 spiro atoms. The van der Waals surface area contributed by atoms with E-state index in [9.17, 15) is 8.78 Å². The number of rotatable bonds is 3. The largest absolute Gasteiger partial charge is 0.375 e. The molecule has 2 atom stereocenters. The molecule has 3 rings (SSSR count). The van der Waals surface area contributed by atoms with Crippen molar-refractivity contribution in [1.82, 2.24) is 5.43 Å². The topological polar surface area (TPSA) is 47.3 Å². The van der Waals surface area contributed by atoms with E-state index in [1.54, 1.807) is 0 Å². The van der Waals surface area contributed by atoms with Crippen molar-refractivity contribution in [2.45, 2.75) is 75.4 Å². The molecule has 0 aromatic heterocycles. The van der Waals surface area contributed by atoms with Gasteiger partial charge in [-0.15, -0.1) is 0 Å². The van der Waals surface area contributed by atoms with Crippen LogP contribution in [0.2, 0.25) is 0 Å². The summed E-state index contributed by atoms with van der Waals surface area (Å²) in [6, 6.07) is 0.174. The molecule has 0 radical (unpaired) electrons. The van der Waals surface area contributed by atoms with Crippen molar-refractivity contribution in [3.63, 3.8) is 0 Å². The van der Waals surface area contributed by atoms with E-state index in [2.05, 4.69) is 5.43 Å². The van der Waals surface area contributed by atoms with Crippen molar-refractivity contribution < 1.29 is 13.5 Å². The van der Waals surface area contributed by atoms with Gasteiger partial charge >= 0.3 is 0 Å². The van der Waals surface area contributed by atoms with Crippen molar-refractivity contribution >= 4 is 0 Å². The lowest BCUT2D eigenvalue weighted by atomic mass is 9.67. The van der Waals surface area contributed by atoms with Crippen LogP contribution in [0, 0.1) is 11.8 Å². The minimum Gasteiger partial charge on any atom is -0.375 e. The van der Waals surface area contributed by atoms with Gasteiger partial charge in [-0.3, -0.25) is 11.3 Å². The Morgan fingerprint density at radius 1 is 1.05 bits per heavy atom. The Balaban J connectivity index is 1.61. The lowest BCUT2D eigenvalue weighted by Gasteiger charge is -2.50. The van der Waals surface area contributed by atoms with E-state index in [1.807, 2.05) is 0 Å². The zero-order valence-corrected chi connectivity index (χ0v) is 12.0. The molecule has 2 aliphatic carbocycles. The molecular formula is C15H26F2N2O. The molecule has 1 aliphatic heterocycles. The fourth-order valence-corrected chi connectivity index (χ4v) is 4.37. The highest BCUT2D eigenvalue weighted by Crippen LogP contribution is 2.47. The average molecular weight is 288 g/mol. The van der Waals surface area contributed by atoms with Crippen LogP contribution in [0.1, 0.15) is 57.8 Å². The van der Waals surface area contributed by atoms with Gasteiger partial charge in [0.05, 0.1) is 5.60 Å². The number of nitrogens with two attached hydrogens (primary N) is 1. The molecule has 116 valence electrons. The molecule has 1 heterocycles. The molecule has 0 aromatic carbocycles. The predicted molar refractivity (Wildman–Crippen MR) is 73.3 cm³/mol. The number of hydrazine groups is 1. The summed E-state index contributed by atoms with van der Waals surface area (Å²) in [6.45, 7) is 0.797. The van der Waals surface area contributed by atoms with Gasteiger partial charge in [0.1, 0.15) is 0 Å². The van der Waals surface area contributed by atoms with Crippen LogP contribution in [0.5, 0.6) is 0 Å². The van der Waals surface area contributed by atoms with Gasteiger partial charge in [0, 0.05) is 25.5 Å². The van der Waals surface area contributed by atoms with Crippen LogP contribution >= 0.6 is 0 Å². The maximum atomic E-state index is 13.3. The zero-order valence-electron chi connectivity index (χ0n) is 12.0. The zero-order chi connectivity index (χ0) is 14.2. The van der Waals surface area contributed by atoms with E-state index in [0.717, 1.165) is 32.3 Å². The number of hydrogen-bond acceptors (Lipinski definition) is 3. The van der Waals surface area contributed by atoms with Gasteiger partial charge in [-0.05, 0) is 56.8 Å². The van der Waals surface area contributed by atoms with Crippen LogP contribution in [-0.2, 0) is 4.74 Å². The molecule has 0 amide bonds. The summed E-state index contributed by atoms with van der Waals surface area (Å²) in [5, 5.41) is 0. The molecule has 5 heteroatoms. The van der Waals surface area contributed by atoms with Crippen LogP contribution in [0.15, 0.2) is 0 Å². The smallest absolute Gasteiger partial charge is 0.248 e. The third-order valence-electron chi connectivity index (χ3n) is 5.77. The van der Waals surface area contributed by atoms with E-state index in [4.69, 9.17) is 10.6 Å². The Bertz CT molecular complexity index is 337. The van der Waals surface area contributed by atoms with Crippen LogP contribution in [0.3, 0.4) is 0 Å².